The highest BCUT2D eigenvalue weighted by atomic mass is 16.5. The van der Waals surface area contributed by atoms with Crippen LogP contribution in [0.5, 0.6) is 0 Å². The molecule has 3 nitrogen and oxygen atoms in total. The van der Waals surface area contributed by atoms with Crippen LogP contribution in [0.25, 0.3) is 0 Å². The monoisotopic (exact) mass is 168 g/mol. The minimum atomic E-state index is -0.248. The van der Waals surface area contributed by atoms with Crippen LogP contribution in [0.15, 0.2) is 0 Å². The first-order chi connectivity index (χ1) is 5.72. The van der Waals surface area contributed by atoms with Crippen molar-refractivity contribution in [3.8, 4) is 6.07 Å². The fourth-order valence-corrected chi connectivity index (χ4v) is 1.44. The van der Waals surface area contributed by atoms with Crippen molar-refractivity contribution in [3.63, 3.8) is 0 Å². The molecule has 1 fully saturated rings. The predicted octanol–water partition coefficient (Wildman–Crippen LogP) is 0.913. The molecule has 1 N–H and O–H groups in total. The van der Waals surface area contributed by atoms with Gasteiger partial charge in [-0.25, -0.2) is 0 Å². The maximum Gasteiger partial charge on any atom is 0.156 e. The Bertz CT molecular complexity index is 174. The van der Waals surface area contributed by atoms with E-state index in [0.717, 1.165) is 13.0 Å². The van der Waals surface area contributed by atoms with E-state index in [1.807, 2.05) is 0 Å². The molecule has 1 rings (SSSR count). The number of nitrogens with zero attached hydrogens (tertiary/aromatic N) is 1. The fraction of sp³-hybridized carbons (Fsp3) is 0.889. The lowest BCUT2D eigenvalue weighted by Crippen LogP contribution is -2.44. The van der Waals surface area contributed by atoms with Crippen molar-refractivity contribution >= 4 is 0 Å². The van der Waals surface area contributed by atoms with Crippen molar-refractivity contribution in [1.82, 2.24) is 5.32 Å². The molecule has 0 aromatic rings. The van der Waals surface area contributed by atoms with Gasteiger partial charge in [-0.3, -0.25) is 0 Å². The van der Waals surface area contributed by atoms with Crippen LogP contribution in [0.2, 0.25) is 0 Å². The van der Waals surface area contributed by atoms with Gasteiger partial charge in [0.25, 0.3) is 0 Å². The largest absolute Gasteiger partial charge is 0.357 e. The number of hydrogen-bond acceptors (Lipinski definition) is 3. The second kappa shape index (κ2) is 4.44. The average Bonchev–Trinajstić information content (AvgIpc) is 2.03. The first kappa shape index (κ1) is 9.50. The molecule has 1 saturated heterocycles. The van der Waals surface area contributed by atoms with Crippen molar-refractivity contribution in [3.05, 3.63) is 0 Å². The molecule has 0 aliphatic carbocycles. The molecule has 1 aliphatic heterocycles. The summed E-state index contributed by atoms with van der Waals surface area (Å²) in [6.07, 6.45) is 1.01. The Morgan fingerprint density at radius 3 is 2.92 bits per heavy atom. The van der Waals surface area contributed by atoms with E-state index in [-0.39, 0.29) is 12.2 Å². The highest BCUT2D eigenvalue weighted by Gasteiger charge is 2.21. The standard InChI is InChI=1S/C9H16N2O/c1-7(2)3-8-5-11-6-9(4-10)12-8/h7-9,11H,3,5-6H2,1-2H3. The Labute approximate surface area is 73.7 Å². The summed E-state index contributed by atoms with van der Waals surface area (Å²) >= 11 is 0. The Balaban J connectivity index is 2.32. The Morgan fingerprint density at radius 1 is 1.58 bits per heavy atom. The van der Waals surface area contributed by atoms with Gasteiger partial charge >= 0.3 is 0 Å². The van der Waals surface area contributed by atoms with E-state index < -0.39 is 0 Å². The molecular weight excluding hydrogens is 152 g/mol. The average molecular weight is 168 g/mol. The molecule has 2 atom stereocenters. The normalized spacial score (nSPS) is 30.2. The van der Waals surface area contributed by atoms with Crippen LogP contribution in [0.4, 0.5) is 0 Å². The zero-order valence-electron chi connectivity index (χ0n) is 7.71. The quantitative estimate of drug-likeness (QED) is 0.666. The molecule has 12 heavy (non-hydrogen) atoms. The predicted molar refractivity (Wildman–Crippen MR) is 46.6 cm³/mol. The van der Waals surface area contributed by atoms with E-state index in [1.165, 1.54) is 0 Å². The molecule has 1 aliphatic rings. The molecule has 0 aromatic heterocycles. The van der Waals surface area contributed by atoms with Gasteiger partial charge < -0.3 is 10.1 Å². The molecular formula is C9H16N2O. The van der Waals surface area contributed by atoms with Crippen molar-refractivity contribution < 1.29 is 4.74 Å². The summed E-state index contributed by atoms with van der Waals surface area (Å²) in [5.74, 6) is 0.634. The molecule has 0 aromatic carbocycles. The molecule has 68 valence electrons. The third-order valence-electron chi connectivity index (χ3n) is 1.94. The highest BCUT2D eigenvalue weighted by molar-refractivity contribution is 4.90. The Morgan fingerprint density at radius 2 is 2.33 bits per heavy atom. The van der Waals surface area contributed by atoms with Crippen LogP contribution >= 0.6 is 0 Å². The van der Waals surface area contributed by atoms with Crippen molar-refractivity contribution in [2.75, 3.05) is 13.1 Å². The number of hydrogen-bond donors (Lipinski definition) is 1. The van der Waals surface area contributed by atoms with Gasteiger partial charge in [0, 0.05) is 13.1 Å². The molecule has 0 spiro atoms. The van der Waals surface area contributed by atoms with Gasteiger partial charge in [0.1, 0.15) is 0 Å². The summed E-state index contributed by atoms with van der Waals surface area (Å²) in [5, 5.41) is 11.8. The second-order valence-electron chi connectivity index (χ2n) is 3.66. The Hall–Kier alpha value is -0.590. The maximum atomic E-state index is 8.63. The van der Waals surface area contributed by atoms with Gasteiger partial charge in [0.15, 0.2) is 6.10 Å². The maximum absolute atomic E-state index is 8.63. The fourth-order valence-electron chi connectivity index (χ4n) is 1.44. The van der Waals surface area contributed by atoms with Gasteiger partial charge in [-0.1, -0.05) is 13.8 Å². The minimum absolute atomic E-state index is 0.225. The van der Waals surface area contributed by atoms with E-state index in [0.29, 0.717) is 12.5 Å². The highest BCUT2D eigenvalue weighted by Crippen LogP contribution is 2.12. The summed E-state index contributed by atoms with van der Waals surface area (Å²) in [6.45, 7) is 5.89. The van der Waals surface area contributed by atoms with E-state index in [4.69, 9.17) is 10.00 Å². The van der Waals surface area contributed by atoms with Gasteiger partial charge in [0.05, 0.1) is 12.2 Å². The van der Waals surface area contributed by atoms with Gasteiger partial charge in [0.2, 0.25) is 0 Å². The van der Waals surface area contributed by atoms with Gasteiger partial charge in [-0.2, -0.15) is 5.26 Å². The summed E-state index contributed by atoms with van der Waals surface area (Å²) in [5.41, 5.74) is 0. The lowest BCUT2D eigenvalue weighted by atomic mass is 10.0. The van der Waals surface area contributed by atoms with Crippen LogP contribution in [0.3, 0.4) is 0 Å². The lowest BCUT2D eigenvalue weighted by molar-refractivity contribution is -0.0186. The third kappa shape index (κ3) is 2.80. The number of morpholine rings is 1. The molecule has 0 bridgehead atoms. The zero-order chi connectivity index (χ0) is 8.97. The first-order valence-electron chi connectivity index (χ1n) is 4.48. The van der Waals surface area contributed by atoms with Crippen molar-refractivity contribution in [2.24, 2.45) is 5.92 Å². The second-order valence-corrected chi connectivity index (χ2v) is 3.66. The molecule has 3 heteroatoms. The summed E-state index contributed by atoms with van der Waals surface area (Å²) in [6, 6.07) is 2.12. The minimum Gasteiger partial charge on any atom is -0.357 e. The number of ether oxygens (including phenoxy) is 1. The first-order valence-corrected chi connectivity index (χ1v) is 4.48. The van der Waals surface area contributed by atoms with Gasteiger partial charge in [-0.15, -0.1) is 0 Å². The molecule has 0 amide bonds. The van der Waals surface area contributed by atoms with E-state index in [2.05, 4.69) is 25.2 Å². The van der Waals surface area contributed by atoms with E-state index in [9.17, 15) is 0 Å². The van der Waals surface area contributed by atoms with Crippen LogP contribution in [0.1, 0.15) is 20.3 Å². The number of nitrogens with one attached hydrogen (secondary N) is 1. The SMILES string of the molecule is CC(C)CC1CNCC(C#N)O1. The molecule has 0 radical (unpaired) electrons. The van der Waals surface area contributed by atoms with Crippen LogP contribution in [-0.4, -0.2) is 25.3 Å². The van der Waals surface area contributed by atoms with Crippen LogP contribution < -0.4 is 5.32 Å². The van der Waals surface area contributed by atoms with E-state index in [1.54, 1.807) is 0 Å². The summed E-state index contributed by atoms with van der Waals surface area (Å²) in [4.78, 5) is 0. The summed E-state index contributed by atoms with van der Waals surface area (Å²) in [7, 11) is 0. The van der Waals surface area contributed by atoms with E-state index >= 15 is 0 Å². The molecule has 0 saturated carbocycles. The lowest BCUT2D eigenvalue weighted by Gasteiger charge is -2.28. The van der Waals surface area contributed by atoms with Crippen LogP contribution in [0, 0.1) is 17.2 Å². The smallest absolute Gasteiger partial charge is 0.156 e. The summed E-state index contributed by atoms with van der Waals surface area (Å²) < 4.78 is 5.52. The number of rotatable bonds is 2. The topological polar surface area (TPSA) is 45.0 Å². The molecule has 1 heterocycles. The number of nitriles is 1. The Kier molecular flexibility index (Phi) is 3.51. The van der Waals surface area contributed by atoms with Crippen molar-refractivity contribution in [2.45, 2.75) is 32.5 Å². The zero-order valence-corrected chi connectivity index (χ0v) is 7.71. The van der Waals surface area contributed by atoms with Gasteiger partial charge in [-0.05, 0) is 12.3 Å². The van der Waals surface area contributed by atoms with Crippen LogP contribution in [-0.2, 0) is 4.74 Å². The third-order valence-corrected chi connectivity index (χ3v) is 1.94. The molecule has 2 unspecified atom stereocenters. The van der Waals surface area contributed by atoms with Crippen molar-refractivity contribution in [1.29, 1.82) is 5.26 Å².